The van der Waals surface area contributed by atoms with Gasteiger partial charge >= 0.3 is 5.97 Å². The molecule has 2 rings (SSSR count). The Morgan fingerprint density at radius 1 is 1.32 bits per heavy atom. The molecule has 0 aromatic heterocycles. The third kappa shape index (κ3) is 2.91. The van der Waals surface area contributed by atoms with E-state index in [1.165, 1.54) is 0 Å². The van der Waals surface area contributed by atoms with E-state index in [2.05, 4.69) is 0 Å². The van der Waals surface area contributed by atoms with Crippen molar-refractivity contribution in [1.82, 2.24) is 4.90 Å². The molecule has 1 saturated carbocycles. The third-order valence-corrected chi connectivity index (χ3v) is 4.30. The number of likely N-dealkylation sites (tertiary alicyclic amines) is 1. The zero-order valence-corrected chi connectivity index (χ0v) is 11.8. The lowest BCUT2D eigenvalue weighted by Gasteiger charge is -2.41. The topological polar surface area (TPSA) is 55.8 Å². The Morgan fingerprint density at radius 3 is 2.58 bits per heavy atom. The van der Waals surface area contributed by atoms with E-state index in [0.717, 1.165) is 25.7 Å². The molecule has 1 aliphatic heterocycles. The number of ether oxygens (including phenoxy) is 2. The monoisotopic (exact) mass is 269 g/mol. The quantitative estimate of drug-likeness (QED) is 0.710. The lowest BCUT2D eigenvalue weighted by Crippen LogP contribution is -2.48. The van der Waals surface area contributed by atoms with Crippen molar-refractivity contribution in [3.8, 4) is 0 Å². The highest BCUT2D eigenvalue weighted by Crippen LogP contribution is 2.39. The van der Waals surface area contributed by atoms with Gasteiger partial charge in [0.25, 0.3) is 0 Å². The number of nitrogens with zero attached hydrogens (tertiary/aromatic N) is 1. The number of rotatable bonds is 5. The van der Waals surface area contributed by atoms with Gasteiger partial charge in [-0.15, -0.1) is 0 Å². The van der Waals surface area contributed by atoms with Crippen LogP contribution in [0.25, 0.3) is 0 Å². The fraction of sp³-hybridized carbons (Fsp3) is 0.857. The first-order chi connectivity index (χ1) is 9.12. The maximum Gasteiger partial charge on any atom is 0.328 e. The molecule has 2 fully saturated rings. The van der Waals surface area contributed by atoms with Gasteiger partial charge in [0.05, 0.1) is 18.6 Å². The molecule has 0 aromatic carbocycles. The summed E-state index contributed by atoms with van der Waals surface area (Å²) in [5.74, 6) is -0.245. The molecule has 5 heteroatoms. The first-order valence-electron chi connectivity index (χ1n) is 7.13. The summed E-state index contributed by atoms with van der Waals surface area (Å²) in [5, 5.41) is 0. The van der Waals surface area contributed by atoms with Crippen molar-refractivity contribution < 1.29 is 19.1 Å². The van der Waals surface area contributed by atoms with Crippen molar-refractivity contribution in [3.63, 3.8) is 0 Å². The van der Waals surface area contributed by atoms with E-state index in [4.69, 9.17) is 9.47 Å². The van der Waals surface area contributed by atoms with E-state index in [9.17, 15) is 9.59 Å². The number of carbonyl (C=O) groups excluding carboxylic acids is 2. The Kier molecular flexibility index (Phi) is 4.45. The fourth-order valence-electron chi connectivity index (χ4n) is 2.95. The molecule has 0 radical (unpaired) electrons. The molecule has 19 heavy (non-hydrogen) atoms. The Bertz CT molecular complexity index is 346. The van der Waals surface area contributed by atoms with Crippen molar-refractivity contribution in [2.75, 3.05) is 20.3 Å². The predicted molar refractivity (Wildman–Crippen MR) is 69.6 cm³/mol. The summed E-state index contributed by atoms with van der Waals surface area (Å²) in [7, 11) is 1.67. The smallest absolute Gasteiger partial charge is 0.328 e. The van der Waals surface area contributed by atoms with Crippen LogP contribution in [-0.4, -0.2) is 48.7 Å². The van der Waals surface area contributed by atoms with E-state index in [-0.39, 0.29) is 23.5 Å². The number of hydrogen-bond donors (Lipinski definition) is 0. The fourth-order valence-corrected chi connectivity index (χ4v) is 2.95. The Hall–Kier alpha value is -1.10. The highest BCUT2D eigenvalue weighted by molar-refractivity contribution is 5.85. The number of methoxy groups -OCH3 is 1. The van der Waals surface area contributed by atoms with Crippen molar-refractivity contribution in [2.24, 2.45) is 0 Å². The molecule has 1 heterocycles. The van der Waals surface area contributed by atoms with Crippen LogP contribution < -0.4 is 0 Å². The lowest BCUT2D eigenvalue weighted by atomic mass is 9.77. The van der Waals surface area contributed by atoms with Gasteiger partial charge in [0.2, 0.25) is 5.91 Å². The minimum absolute atomic E-state index is 0.0251. The molecule has 1 aliphatic carbocycles. The second kappa shape index (κ2) is 5.90. The van der Waals surface area contributed by atoms with Gasteiger partial charge in [0.1, 0.15) is 6.04 Å². The van der Waals surface area contributed by atoms with Crippen molar-refractivity contribution in [1.29, 1.82) is 0 Å². The van der Waals surface area contributed by atoms with Crippen LogP contribution in [0, 0.1) is 0 Å². The highest BCUT2D eigenvalue weighted by Gasteiger charge is 2.43. The molecular formula is C14H23NO4. The minimum atomic E-state index is -0.388. The summed E-state index contributed by atoms with van der Waals surface area (Å²) in [6.07, 6.45) is 4.96. The highest BCUT2D eigenvalue weighted by atomic mass is 16.5. The van der Waals surface area contributed by atoms with Crippen molar-refractivity contribution in [3.05, 3.63) is 0 Å². The predicted octanol–water partition coefficient (Wildman–Crippen LogP) is 1.50. The van der Waals surface area contributed by atoms with E-state index >= 15 is 0 Å². The number of carbonyl (C=O) groups is 2. The van der Waals surface area contributed by atoms with Crippen LogP contribution >= 0.6 is 0 Å². The molecule has 0 N–H and O–H groups in total. The second-order valence-electron chi connectivity index (χ2n) is 5.41. The van der Waals surface area contributed by atoms with Gasteiger partial charge < -0.3 is 14.4 Å². The van der Waals surface area contributed by atoms with Crippen LogP contribution in [0.4, 0.5) is 0 Å². The Morgan fingerprint density at radius 2 is 2.05 bits per heavy atom. The van der Waals surface area contributed by atoms with Crippen LogP contribution in [0.5, 0.6) is 0 Å². The van der Waals surface area contributed by atoms with Crippen LogP contribution in [0.2, 0.25) is 0 Å². The van der Waals surface area contributed by atoms with Gasteiger partial charge in [0.15, 0.2) is 0 Å². The van der Waals surface area contributed by atoms with Crippen molar-refractivity contribution >= 4 is 11.9 Å². The average Bonchev–Trinajstić information content (AvgIpc) is 2.83. The van der Waals surface area contributed by atoms with Crippen LogP contribution in [0.1, 0.15) is 45.4 Å². The molecule has 2 aliphatic rings. The lowest BCUT2D eigenvalue weighted by molar-refractivity contribution is -0.157. The summed E-state index contributed by atoms with van der Waals surface area (Å²) in [6.45, 7) is 2.80. The summed E-state index contributed by atoms with van der Waals surface area (Å²) >= 11 is 0. The number of esters is 1. The molecule has 5 nitrogen and oxygen atoms in total. The molecule has 0 spiro atoms. The van der Waals surface area contributed by atoms with Gasteiger partial charge in [0, 0.05) is 13.7 Å². The minimum Gasteiger partial charge on any atom is -0.464 e. The number of amides is 1. The van der Waals surface area contributed by atoms with Gasteiger partial charge in [-0.25, -0.2) is 4.79 Å². The molecule has 1 saturated heterocycles. The molecule has 1 unspecified atom stereocenters. The van der Waals surface area contributed by atoms with Gasteiger partial charge in [-0.3, -0.25) is 4.79 Å². The molecule has 108 valence electrons. The van der Waals surface area contributed by atoms with Gasteiger partial charge in [-0.05, 0) is 39.0 Å². The van der Waals surface area contributed by atoms with Crippen LogP contribution in [0.15, 0.2) is 0 Å². The average molecular weight is 269 g/mol. The van der Waals surface area contributed by atoms with E-state index < -0.39 is 0 Å². The third-order valence-electron chi connectivity index (χ3n) is 4.30. The first-order valence-corrected chi connectivity index (χ1v) is 7.13. The van der Waals surface area contributed by atoms with Gasteiger partial charge in [-0.1, -0.05) is 0 Å². The summed E-state index contributed by atoms with van der Waals surface area (Å²) in [6, 6.07) is -0.388. The maximum absolute atomic E-state index is 12.4. The SMILES string of the molecule is CCOC(=O)C1CCCN1C(=O)CC1(OC)CCC1. The van der Waals surface area contributed by atoms with Crippen LogP contribution in [0.3, 0.4) is 0 Å². The zero-order valence-electron chi connectivity index (χ0n) is 11.8. The summed E-state index contributed by atoms with van der Waals surface area (Å²) < 4.78 is 10.5. The van der Waals surface area contributed by atoms with E-state index in [1.807, 2.05) is 0 Å². The largest absolute Gasteiger partial charge is 0.464 e. The molecular weight excluding hydrogens is 246 g/mol. The van der Waals surface area contributed by atoms with Crippen LogP contribution in [-0.2, 0) is 19.1 Å². The van der Waals surface area contributed by atoms with E-state index in [1.54, 1.807) is 18.9 Å². The first kappa shape index (κ1) is 14.3. The molecule has 1 atom stereocenters. The Balaban J connectivity index is 1.95. The standard InChI is InChI=1S/C14H23NO4/c1-3-19-13(17)11-6-4-9-15(11)12(16)10-14(18-2)7-5-8-14/h11H,3-10H2,1-2H3. The van der Waals surface area contributed by atoms with E-state index in [0.29, 0.717) is 26.0 Å². The zero-order chi connectivity index (χ0) is 13.9. The maximum atomic E-state index is 12.4. The Labute approximate surface area is 114 Å². The normalized spacial score (nSPS) is 24.9. The molecule has 0 bridgehead atoms. The summed E-state index contributed by atoms with van der Waals surface area (Å²) in [5.41, 5.74) is -0.279. The van der Waals surface area contributed by atoms with Gasteiger partial charge in [-0.2, -0.15) is 0 Å². The summed E-state index contributed by atoms with van der Waals surface area (Å²) in [4.78, 5) is 25.9. The second-order valence-corrected chi connectivity index (χ2v) is 5.41. The number of hydrogen-bond acceptors (Lipinski definition) is 4. The molecule has 1 amide bonds. The molecule has 0 aromatic rings. The van der Waals surface area contributed by atoms with Crippen molar-refractivity contribution in [2.45, 2.75) is 57.1 Å².